The van der Waals surface area contributed by atoms with Gasteiger partial charge in [-0.25, -0.2) is 17.9 Å². The Morgan fingerprint density at radius 3 is 2.50 bits per heavy atom. The number of nitrogens with zero attached hydrogens (tertiary/aromatic N) is 1. The highest BCUT2D eigenvalue weighted by molar-refractivity contribution is 7.89. The molecule has 0 aliphatic carbocycles. The smallest absolute Gasteiger partial charge is 0.405 e. The Morgan fingerprint density at radius 2 is 1.92 bits per heavy atom. The van der Waals surface area contributed by atoms with Gasteiger partial charge in [0.25, 0.3) is 0 Å². The Labute approximate surface area is 149 Å². The summed E-state index contributed by atoms with van der Waals surface area (Å²) in [6.07, 6.45) is -4.60. The second-order valence-electron chi connectivity index (χ2n) is 5.68. The van der Waals surface area contributed by atoms with Gasteiger partial charge in [-0.15, -0.1) is 0 Å². The summed E-state index contributed by atoms with van der Waals surface area (Å²) in [6.45, 7) is 0.256. The Hall–Kier alpha value is -1.69. The summed E-state index contributed by atoms with van der Waals surface area (Å²) in [5, 5.41) is 2.95. The van der Waals surface area contributed by atoms with Crippen LogP contribution in [0.25, 0.3) is 0 Å². The number of piperazine rings is 1. The minimum atomic E-state index is -4.60. The van der Waals surface area contributed by atoms with E-state index in [0.717, 1.165) is 13.2 Å². The van der Waals surface area contributed by atoms with E-state index in [2.05, 4.69) is 10.1 Å². The zero-order valence-corrected chi connectivity index (χ0v) is 14.9. The lowest BCUT2D eigenvalue weighted by molar-refractivity contribution is -0.182. The number of hydrogen-bond donors (Lipinski definition) is 2. The predicted molar refractivity (Wildman–Crippen MR) is 87.3 cm³/mol. The molecule has 2 N–H and O–H groups in total. The van der Waals surface area contributed by atoms with E-state index in [9.17, 15) is 26.4 Å². The summed E-state index contributed by atoms with van der Waals surface area (Å²) in [6, 6.07) is 3.23. The number of alkyl halides is 3. The number of hydrogen-bond acceptors (Lipinski definition) is 6. The summed E-state index contributed by atoms with van der Waals surface area (Å²) in [4.78, 5) is 12.5. The Kier molecular flexibility index (Phi) is 6.61. The maximum atomic E-state index is 13.4. The van der Waals surface area contributed by atoms with Gasteiger partial charge in [0.2, 0.25) is 10.0 Å². The number of esters is 1. The van der Waals surface area contributed by atoms with Crippen molar-refractivity contribution in [3.05, 3.63) is 29.8 Å². The fourth-order valence-electron chi connectivity index (χ4n) is 2.69. The lowest BCUT2D eigenvalue weighted by Gasteiger charge is -2.35. The number of sulfonamides is 1. The van der Waals surface area contributed by atoms with Gasteiger partial charge in [-0.2, -0.15) is 13.2 Å². The average molecular weight is 395 g/mol. The molecule has 1 fully saturated rings. The normalized spacial score (nSPS) is 17.7. The van der Waals surface area contributed by atoms with E-state index in [0.29, 0.717) is 13.1 Å². The predicted octanol–water partition coefficient (Wildman–Crippen LogP) is 0.588. The number of methoxy groups -OCH3 is 1. The van der Waals surface area contributed by atoms with Crippen LogP contribution in [0.3, 0.4) is 0 Å². The van der Waals surface area contributed by atoms with Crippen molar-refractivity contribution in [3.63, 3.8) is 0 Å². The molecule has 26 heavy (non-hydrogen) atoms. The molecule has 0 amide bonds. The molecule has 1 aromatic carbocycles. The maximum Gasteiger partial charge on any atom is 0.405 e. The number of ether oxygens (including phenoxy) is 1. The van der Waals surface area contributed by atoms with Gasteiger partial charge >= 0.3 is 12.1 Å². The highest BCUT2D eigenvalue weighted by atomic mass is 32.2. The molecule has 1 aromatic rings. The topological polar surface area (TPSA) is 87.7 Å². The molecule has 1 aliphatic heterocycles. The van der Waals surface area contributed by atoms with Crippen molar-refractivity contribution in [3.8, 4) is 0 Å². The van der Waals surface area contributed by atoms with Crippen LogP contribution in [-0.2, 0) is 14.8 Å². The molecule has 1 saturated heterocycles. The first-order valence-corrected chi connectivity index (χ1v) is 9.33. The third-order valence-corrected chi connectivity index (χ3v) is 5.50. The standard InChI is InChI=1S/C15H20F3N3O4S/c1-25-14(22)11-4-2-3-5-12(11)26(23,24)20-10-13(15(16,17)18)21-8-6-19-7-9-21/h2-5,13,19-20H,6-10H2,1H3. The van der Waals surface area contributed by atoms with Crippen molar-refractivity contribution >= 4 is 16.0 Å². The lowest BCUT2D eigenvalue weighted by atomic mass is 10.2. The molecular weight excluding hydrogens is 375 g/mol. The first-order chi connectivity index (χ1) is 12.2. The van der Waals surface area contributed by atoms with Gasteiger partial charge in [0.1, 0.15) is 6.04 Å². The molecule has 1 atom stereocenters. The fourth-order valence-corrected chi connectivity index (χ4v) is 3.92. The number of rotatable bonds is 6. The van der Waals surface area contributed by atoms with Crippen LogP contribution < -0.4 is 10.0 Å². The number of halogens is 3. The monoisotopic (exact) mass is 395 g/mol. The Bertz CT molecular complexity index is 734. The molecular formula is C15H20F3N3O4S. The molecule has 0 spiro atoms. The van der Waals surface area contributed by atoms with Gasteiger partial charge in [-0.05, 0) is 12.1 Å². The van der Waals surface area contributed by atoms with Crippen LogP contribution in [0.5, 0.6) is 0 Å². The van der Waals surface area contributed by atoms with E-state index >= 15 is 0 Å². The highest BCUT2D eigenvalue weighted by Crippen LogP contribution is 2.25. The summed E-state index contributed by atoms with van der Waals surface area (Å²) < 4.78 is 71.6. The lowest BCUT2D eigenvalue weighted by Crippen LogP contribution is -2.57. The quantitative estimate of drug-likeness (QED) is 0.686. The van der Waals surface area contributed by atoms with E-state index in [4.69, 9.17) is 0 Å². The SMILES string of the molecule is COC(=O)c1ccccc1S(=O)(=O)NCC(N1CCNCC1)C(F)(F)F. The number of carbonyl (C=O) groups excluding carboxylic acids is 1. The molecule has 7 nitrogen and oxygen atoms in total. The van der Waals surface area contributed by atoms with Gasteiger partial charge in [-0.3, -0.25) is 4.90 Å². The molecule has 0 radical (unpaired) electrons. The first kappa shape index (κ1) is 20.6. The molecule has 2 rings (SSSR count). The first-order valence-electron chi connectivity index (χ1n) is 7.85. The van der Waals surface area contributed by atoms with E-state index in [-0.39, 0.29) is 18.7 Å². The second-order valence-corrected chi connectivity index (χ2v) is 7.42. The van der Waals surface area contributed by atoms with Crippen LogP contribution in [0.15, 0.2) is 29.2 Å². The van der Waals surface area contributed by atoms with E-state index in [1.54, 1.807) is 0 Å². The van der Waals surface area contributed by atoms with Crippen LogP contribution in [0.2, 0.25) is 0 Å². The van der Waals surface area contributed by atoms with Gasteiger partial charge in [0.15, 0.2) is 0 Å². The van der Waals surface area contributed by atoms with Crippen molar-refractivity contribution in [2.75, 3.05) is 39.8 Å². The molecule has 0 saturated carbocycles. The number of benzene rings is 1. The Morgan fingerprint density at radius 1 is 1.31 bits per heavy atom. The van der Waals surface area contributed by atoms with Crippen LogP contribution in [0.1, 0.15) is 10.4 Å². The van der Waals surface area contributed by atoms with Gasteiger partial charge in [-0.1, -0.05) is 12.1 Å². The molecule has 146 valence electrons. The molecule has 1 aliphatic rings. The molecule has 0 aromatic heterocycles. The van der Waals surface area contributed by atoms with Crippen molar-refractivity contribution in [1.29, 1.82) is 0 Å². The van der Waals surface area contributed by atoms with Crippen LogP contribution >= 0.6 is 0 Å². The zero-order chi connectivity index (χ0) is 19.4. The zero-order valence-electron chi connectivity index (χ0n) is 14.0. The molecule has 1 unspecified atom stereocenters. The summed E-state index contributed by atoms with van der Waals surface area (Å²) in [5.41, 5.74) is -0.242. The number of carbonyl (C=O) groups is 1. The van der Waals surface area contributed by atoms with Crippen LogP contribution in [0, 0.1) is 0 Å². The van der Waals surface area contributed by atoms with E-state index in [1.807, 2.05) is 4.72 Å². The largest absolute Gasteiger partial charge is 0.465 e. The fraction of sp³-hybridized carbons (Fsp3) is 0.533. The van der Waals surface area contributed by atoms with Gasteiger partial charge in [0.05, 0.1) is 17.6 Å². The third kappa shape index (κ3) is 4.93. The second kappa shape index (κ2) is 8.33. The highest BCUT2D eigenvalue weighted by Gasteiger charge is 2.44. The van der Waals surface area contributed by atoms with Crippen molar-refractivity contribution in [2.45, 2.75) is 17.1 Å². The third-order valence-electron chi connectivity index (χ3n) is 4.02. The number of nitrogens with one attached hydrogen (secondary N) is 2. The van der Waals surface area contributed by atoms with Crippen molar-refractivity contribution in [1.82, 2.24) is 14.9 Å². The van der Waals surface area contributed by atoms with Gasteiger partial charge < -0.3 is 10.1 Å². The van der Waals surface area contributed by atoms with E-state index < -0.39 is 39.7 Å². The van der Waals surface area contributed by atoms with Crippen LogP contribution in [0.4, 0.5) is 13.2 Å². The van der Waals surface area contributed by atoms with Crippen molar-refractivity contribution < 1.29 is 31.1 Å². The van der Waals surface area contributed by atoms with Gasteiger partial charge in [0, 0.05) is 32.7 Å². The van der Waals surface area contributed by atoms with E-state index in [1.165, 1.54) is 23.1 Å². The van der Waals surface area contributed by atoms with Crippen molar-refractivity contribution in [2.24, 2.45) is 0 Å². The summed E-state index contributed by atoms with van der Waals surface area (Å²) in [5.74, 6) is -0.888. The molecule has 0 bridgehead atoms. The van der Waals surface area contributed by atoms with Crippen LogP contribution in [-0.4, -0.2) is 71.3 Å². The summed E-state index contributed by atoms with van der Waals surface area (Å²) >= 11 is 0. The molecule has 1 heterocycles. The average Bonchev–Trinajstić information content (AvgIpc) is 2.61. The minimum Gasteiger partial charge on any atom is -0.465 e. The Balaban J connectivity index is 2.21. The maximum absolute atomic E-state index is 13.4. The molecule has 11 heteroatoms. The summed E-state index contributed by atoms with van der Waals surface area (Å²) in [7, 11) is -3.25. The minimum absolute atomic E-state index is 0.157.